The van der Waals surface area contributed by atoms with Gasteiger partial charge in [0, 0.05) is 36.7 Å². The van der Waals surface area contributed by atoms with Crippen LogP contribution in [-0.2, 0) is 19.3 Å². The number of nitrogens with two attached hydrogens (primary N) is 2. The molecule has 0 aliphatic heterocycles. The number of hydrogen-bond acceptors (Lipinski definition) is 15. The Kier molecular flexibility index (Phi) is 16.4. The number of nitrogens with one attached hydrogen (secondary N) is 6. The zero-order chi connectivity index (χ0) is 54.3. The molecule has 0 radical (unpaired) electrons. The van der Waals surface area contributed by atoms with Crippen LogP contribution < -0.4 is 27.4 Å². The molecule has 0 spiro atoms. The van der Waals surface area contributed by atoms with Gasteiger partial charge in [0.05, 0.1) is 40.6 Å². The molecule has 8 heterocycles. The number of aryl methyl sites for hydroxylation is 3. The van der Waals surface area contributed by atoms with E-state index in [1.807, 2.05) is 44.6 Å². The van der Waals surface area contributed by atoms with E-state index in [0.717, 1.165) is 77.6 Å². The quantitative estimate of drug-likeness (QED) is 0.0519. The van der Waals surface area contributed by atoms with Crippen molar-refractivity contribution in [1.82, 2.24) is 74.8 Å². The van der Waals surface area contributed by atoms with Gasteiger partial charge in [-0.3, -0.25) is 0 Å². The minimum Gasteiger partial charge on any atom is -0.381 e. The molecule has 0 unspecified atom stereocenters. The first kappa shape index (κ1) is 53.2. The summed E-state index contributed by atoms with van der Waals surface area (Å²) >= 11 is 17.3. The van der Waals surface area contributed by atoms with Crippen LogP contribution in [0, 0.1) is 0 Å². The maximum Gasteiger partial charge on any atom is 0.232 e. The molecule has 14 rings (SSSR count). The van der Waals surface area contributed by atoms with E-state index < -0.39 is 0 Å². The zero-order valence-electron chi connectivity index (χ0n) is 43.3. The second-order valence-corrected chi connectivity index (χ2v) is 20.5. The van der Waals surface area contributed by atoms with Crippen LogP contribution in [0.5, 0.6) is 0 Å². The normalized spacial score (nSPS) is 15.8. The average molecular weight is 1110 g/mol. The molecule has 0 fully saturated rings. The Labute approximate surface area is 464 Å². The van der Waals surface area contributed by atoms with Crippen LogP contribution in [-0.4, -0.2) is 74.8 Å². The molecule has 10 N–H and O–H groups in total. The average Bonchev–Trinajstić information content (AvgIpc) is 4.36. The number of hydrogen-bond donors (Lipinski definition) is 8. The number of nitrogens with zero attached hydrogens (tertiary/aromatic N) is 12. The molecule has 0 bridgehead atoms. The number of rotatable bonds is 8. The first-order valence-corrected chi connectivity index (χ1v) is 26.9. The summed E-state index contributed by atoms with van der Waals surface area (Å²) in [7, 11) is 0. The SMILES string of the molecule is CC(C)n1cc(N)nn1.CC(C)n1cc(Nc2nc(N[C@H]3CCc4ccccc43)c3cc[nH]c3n2)nn1.Clc1nc(Cl)c2cc[nH]c2n1.Clc1nc(N[C@H]2CCc3ccccc32)c2cc[nH]c2n1.N[C@H]1CCc2ccccc21. The Hall–Kier alpha value is -8.17. The molecule has 3 aliphatic carbocycles. The van der Waals surface area contributed by atoms with Crippen molar-refractivity contribution in [3.8, 4) is 0 Å². The Morgan fingerprint density at radius 1 is 0.538 bits per heavy atom. The van der Waals surface area contributed by atoms with E-state index in [4.69, 9.17) is 51.3 Å². The van der Waals surface area contributed by atoms with Crippen LogP contribution in [0.2, 0.25) is 15.7 Å². The van der Waals surface area contributed by atoms with Crippen molar-refractivity contribution < 1.29 is 0 Å². The molecule has 3 aliphatic rings. The van der Waals surface area contributed by atoms with Gasteiger partial charge in [-0.25, -0.2) is 19.3 Å². The van der Waals surface area contributed by atoms with Crippen LogP contribution >= 0.6 is 34.8 Å². The van der Waals surface area contributed by atoms with Gasteiger partial charge in [0.2, 0.25) is 16.5 Å². The topological polar surface area (TPSA) is 274 Å². The minimum atomic E-state index is 0.157. The van der Waals surface area contributed by atoms with Gasteiger partial charge >= 0.3 is 0 Å². The van der Waals surface area contributed by atoms with E-state index in [2.05, 4.69) is 163 Å². The van der Waals surface area contributed by atoms with Crippen molar-refractivity contribution in [1.29, 1.82) is 0 Å². The second-order valence-electron chi connectivity index (χ2n) is 19.5. The lowest BCUT2D eigenvalue weighted by Crippen LogP contribution is -2.10. The predicted molar refractivity (Wildman–Crippen MR) is 309 cm³/mol. The monoisotopic (exact) mass is 1100 g/mol. The Balaban J connectivity index is 0.000000119. The minimum absolute atomic E-state index is 0.157. The Bertz CT molecular complexity index is 3780. The second kappa shape index (κ2) is 24.0. The van der Waals surface area contributed by atoms with E-state index in [0.29, 0.717) is 40.5 Å². The number of aromatic amines is 3. The first-order valence-electron chi connectivity index (χ1n) is 25.7. The van der Waals surface area contributed by atoms with Gasteiger partial charge in [0.1, 0.15) is 33.7 Å². The van der Waals surface area contributed by atoms with Crippen molar-refractivity contribution in [3.63, 3.8) is 0 Å². The fourth-order valence-corrected chi connectivity index (χ4v) is 10.2. The van der Waals surface area contributed by atoms with Crippen molar-refractivity contribution in [2.75, 3.05) is 21.7 Å². The molecule has 11 aromatic rings. The molecule has 400 valence electrons. The standard InChI is InChI=1S/C20H22N8.C15H13ClN4.C9H11N.C6H3Cl2N3.C5H10N4/c1-12(2)28-11-17(26-27-28)23-20-24-18-15(9-10-21-18)19(25-20)22-16-8-7-13-5-3-4-6-14(13)16;16-15-19-13-11(7-8-17-13)14(20-15)18-12-6-5-9-3-1-2-4-10(9)12;10-9-6-5-7-3-1-2-4-8(7)9;7-4-3-1-2-9-5(3)11-6(8)10-4;1-4(2)9-3-5(6)7-8-9/h3-6,9-12,16H,7-8H2,1-2H3,(H3,21,22,23,24,25);1-4,7-8,12H,5-6H2,(H2,17,18,19,20);1-4,9H,5-6,10H2;1-2H,(H,9,10,11);3-4H,6H2,1-2H3/t16-;12-;9-;;/m000../s1. The van der Waals surface area contributed by atoms with Crippen LogP contribution in [0.25, 0.3) is 33.1 Å². The predicted octanol–water partition coefficient (Wildman–Crippen LogP) is 12.0. The Morgan fingerprint density at radius 3 is 1.55 bits per heavy atom. The Morgan fingerprint density at radius 2 is 1.01 bits per heavy atom. The van der Waals surface area contributed by atoms with E-state index in [1.54, 1.807) is 27.8 Å². The summed E-state index contributed by atoms with van der Waals surface area (Å²) in [4.78, 5) is 34.6. The van der Waals surface area contributed by atoms with Gasteiger partial charge in [0.25, 0.3) is 0 Å². The van der Waals surface area contributed by atoms with Gasteiger partial charge in [0.15, 0.2) is 11.6 Å². The number of anilines is 5. The highest BCUT2D eigenvalue weighted by Crippen LogP contribution is 2.37. The fraction of sp³-hybridized carbons (Fsp3) is 0.273. The molecule has 23 heteroatoms. The maximum atomic E-state index is 5.98. The molecule has 0 saturated carbocycles. The zero-order valence-corrected chi connectivity index (χ0v) is 45.6. The van der Waals surface area contributed by atoms with E-state index in [9.17, 15) is 0 Å². The summed E-state index contributed by atoms with van der Waals surface area (Å²) in [6.45, 7) is 8.16. The van der Waals surface area contributed by atoms with Gasteiger partial charge < -0.3 is 42.4 Å². The number of H-pyrrole nitrogens is 3. The molecule has 78 heavy (non-hydrogen) atoms. The number of halogens is 3. The van der Waals surface area contributed by atoms with Gasteiger partial charge in [-0.1, -0.05) is 94.8 Å². The van der Waals surface area contributed by atoms with Crippen molar-refractivity contribution in [2.24, 2.45) is 5.73 Å². The van der Waals surface area contributed by atoms with Gasteiger partial charge in [-0.2, -0.15) is 19.9 Å². The van der Waals surface area contributed by atoms with Crippen molar-refractivity contribution in [2.45, 2.75) is 96.4 Å². The highest BCUT2D eigenvalue weighted by molar-refractivity contribution is 6.35. The third kappa shape index (κ3) is 12.5. The van der Waals surface area contributed by atoms with Gasteiger partial charge in [-0.05, 0) is 141 Å². The summed E-state index contributed by atoms with van der Waals surface area (Å²) in [6.07, 6.45) is 15.6. The maximum absolute atomic E-state index is 5.98. The van der Waals surface area contributed by atoms with Gasteiger partial charge in [-0.15, -0.1) is 10.2 Å². The van der Waals surface area contributed by atoms with E-state index in [-0.39, 0.29) is 28.7 Å². The molecular formula is C55H59Cl3N20. The number of aromatic nitrogens is 15. The molecule has 0 saturated heterocycles. The van der Waals surface area contributed by atoms with Crippen LogP contribution in [0.1, 0.15) is 111 Å². The molecular weight excluding hydrogens is 1050 g/mol. The third-order valence-corrected chi connectivity index (χ3v) is 14.2. The molecule has 3 atom stereocenters. The number of fused-ring (bicyclic) bond motifs is 6. The smallest absolute Gasteiger partial charge is 0.232 e. The number of nitrogen functional groups attached to an aromatic ring is 1. The van der Waals surface area contributed by atoms with Crippen LogP contribution in [0.4, 0.5) is 29.2 Å². The van der Waals surface area contributed by atoms with Crippen LogP contribution in [0.3, 0.4) is 0 Å². The molecule has 8 aromatic heterocycles. The lowest BCUT2D eigenvalue weighted by molar-refractivity contribution is 0.514. The summed E-state index contributed by atoms with van der Waals surface area (Å²) in [5, 5.41) is 29.5. The summed E-state index contributed by atoms with van der Waals surface area (Å²) in [6, 6.07) is 32.8. The third-order valence-electron chi connectivity index (χ3n) is 13.5. The summed E-state index contributed by atoms with van der Waals surface area (Å²) in [5.41, 5.74) is 21.7. The van der Waals surface area contributed by atoms with Crippen LogP contribution in [0.15, 0.2) is 122 Å². The van der Waals surface area contributed by atoms with Crippen molar-refractivity contribution in [3.05, 3.63) is 171 Å². The largest absolute Gasteiger partial charge is 0.381 e. The molecule has 3 aromatic carbocycles. The molecule has 0 amide bonds. The summed E-state index contributed by atoms with van der Waals surface area (Å²) < 4.78 is 3.51. The molecule has 20 nitrogen and oxygen atoms in total. The lowest BCUT2D eigenvalue weighted by Gasteiger charge is -2.16. The van der Waals surface area contributed by atoms with E-state index in [1.165, 1.54) is 33.4 Å². The fourth-order valence-electron chi connectivity index (χ4n) is 9.59. The number of benzene rings is 3. The van der Waals surface area contributed by atoms with E-state index >= 15 is 0 Å². The highest BCUT2D eigenvalue weighted by atomic mass is 35.5. The highest BCUT2D eigenvalue weighted by Gasteiger charge is 2.25. The van der Waals surface area contributed by atoms with Crippen molar-refractivity contribution >= 4 is 97.1 Å². The first-order chi connectivity index (χ1) is 37.8. The lowest BCUT2D eigenvalue weighted by atomic mass is 10.1. The summed E-state index contributed by atoms with van der Waals surface area (Å²) in [5.74, 6) is 3.19.